The normalized spacial score (nSPS) is 18.8. The number of nitrogens with zero attached hydrogens (tertiary/aromatic N) is 5. The second-order valence-electron chi connectivity index (χ2n) is 14.1. The van der Waals surface area contributed by atoms with Crippen molar-refractivity contribution in [1.82, 2.24) is 29.7 Å². The molecule has 0 aliphatic carbocycles. The highest BCUT2D eigenvalue weighted by molar-refractivity contribution is 6.00. The van der Waals surface area contributed by atoms with Gasteiger partial charge in [-0.05, 0) is 62.7 Å². The zero-order chi connectivity index (χ0) is 41.9. The van der Waals surface area contributed by atoms with Gasteiger partial charge < -0.3 is 37.1 Å². The SMILES string of the molecule is CCNC(=O)/C(N)=C(/C=C(\N)Nc1ccc(CN(C)C2CCN(c3cccc4c3n(C)c(=O)n4C3CCC(=O)NC3=O)CC2(F)F)cn1)Nc1cccc(F)c1OC. The fourth-order valence-electron chi connectivity index (χ4n) is 7.43. The molecule has 4 heterocycles. The third-order valence-electron chi connectivity index (χ3n) is 10.2. The number of piperidine rings is 2. The number of para-hydroxylation sites is 2. The lowest BCUT2D eigenvalue weighted by Gasteiger charge is -2.43. The van der Waals surface area contributed by atoms with E-state index in [0.29, 0.717) is 34.6 Å². The number of methoxy groups -OCH3 is 1. The average Bonchev–Trinajstić information content (AvgIpc) is 3.43. The highest BCUT2D eigenvalue weighted by Crippen LogP contribution is 2.37. The number of aryl methyl sites for hydroxylation is 1. The molecule has 308 valence electrons. The zero-order valence-electron chi connectivity index (χ0n) is 32.4. The van der Waals surface area contributed by atoms with Crippen LogP contribution in [0.5, 0.6) is 5.75 Å². The van der Waals surface area contributed by atoms with Gasteiger partial charge in [-0.3, -0.25) is 33.7 Å². The van der Waals surface area contributed by atoms with Gasteiger partial charge in [0.05, 0.1) is 47.8 Å². The maximum absolute atomic E-state index is 16.0. The molecular formula is C39H46F3N11O5. The number of carbonyl (C=O) groups excluding carboxylic acids is 3. The molecule has 2 aliphatic heterocycles. The Morgan fingerprint density at radius 2 is 1.86 bits per heavy atom. The molecule has 0 bridgehead atoms. The standard InChI is InChI=1S/C39H46F3N11O5/c1-5-45-37(56)33(44)25(47-24-9-6-8-23(40)35(24)58-4)18-30(43)48-31-14-12-22(19-46-31)20-50(2)29-16-17-52(21-39(29,41)42)26-10-7-11-27-34(26)51(3)38(57)53(27)28-13-15-32(54)49-36(28)55/h6-12,14,18-19,28-29,47H,5,13,15-17,20-21,43-44H2,1-4H3,(H,45,56)(H,46,48)(H,49,54,55)/b30-18+,33-25+. The minimum atomic E-state index is -3.15. The van der Waals surface area contributed by atoms with Gasteiger partial charge in [-0.1, -0.05) is 18.2 Å². The van der Waals surface area contributed by atoms with E-state index < -0.39 is 53.8 Å². The second-order valence-corrected chi connectivity index (χ2v) is 14.1. The first-order valence-corrected chi connectivity index (χ1v) is 18.6. The first kappa shape index (κ1) is 41.1. The molecule has 2 unspecified atom stereocenters. The van der Waals surface area contributed by atoms with Gasteiger partial charge in [0.1, 0.15) is 23.4 Å². The van der Waals surface area contributed by atoms with Crippen LogP contribution in [-0.4, -0.2) is 82.5 Å². The number of imidazole rings is 1. The molecule has 6 rings (SSSR count). The molecule has 0 radical (unpaired) electrons. The van der Waals surface area contributed by atoms with Crippen molar-refractivity contribution in [2.75, 3.05) is 49.3 Å². The Labute approximate surface area is 331 Å². The minimum absolute atomic E-state index is 0.0252. The summed E-state index contributed by atoms with van der Waals surface area (Å²) in [4.78, 5) is 58.0. The number of carbonyl (C=O) groups is 3. The summed E-state index contributed by atoms with van der Waals surface area (Å²) in [5, 5.41) is 10.7. The van der Waals surface area contributed by atoms with E-state index in [2.05, 4.69) is 26.3 Å². The van der Waals surface area contributed by atoms with Crippen molar-refractivity contribution < 1.29 is 32.3 Å². The summed E-state index contributed by atoms with van der Waals surface area (Å²) in [6.45, 7) is 1.86. The molecule has 58 heavy (non-hydrogen) atoms. The number of aromatic nitrogens is 3. The lowest BCUT2D eigenvalue weighted by Crippen LogP contribution is -2.57. The van der Waals surface area contributed by atoms with Crippen molar-refractivity contribution in [2.45, 2.75) is 50.7 Å². The van der Waals surface area contributed by atoms with E-state index in [4.69, 9.17) is 16.2 Å². The van der Waals surface area contributed by atoms with Gasteiger partial charge in [-0.15, -0.1) is 0 Å². The Hall–Kier alpha value is -6.50. The Bertz CT molecular complexity index is 2340. The Morgan fingerprint density at radius 3 is 2.53 bits per heavy atom. The van der Waals surface area contributed by atoms with E-state index >= 15 is 8.78 Å². The third kappa shape index (κ3) is 8.43. The molecular weight excluding hydrogens is 759 g/mol. The minimum Gasteiger partial charge on any atom is -0.492 e. The molecule has 16 nitrogen and oxygen atoms in total. The number of halogens is 3. The summed E-state index contributed by atoms with van der Waals surface area (Å²) in [7, 11) is 4.46. The number of rotatable bonds is 13. The number of hydrogen-bond acceptors (Lipinski definition) is 12. The van der Waals surface area contributed by atoms with Crippen LogP contribution < -0.4 is 48.1 Å². The van der Waals surface area contributed by atoms with Crippen LogP contribution in [0, 0.1) is 5.82 Å². The molecule has 2 aromatic heterocycles. The summed E-state index contributed by atoms with van der Waals surface area (Å²) in [6.07, 6.45) is 3.23. The van der Waals surface area contributed by atoms with Crippen molar-refractivity contribution >= 4 is 45.9 Å². The van der Waals surface area contributed by atoms with E-state index in [9.17, 15) is 23.6 Å². The number of benzene rings is 2. The smallest absolute Gasteiger partial charge is 0.329 e. The molecule has 0 saturated carbocycles. The number of anilines is 3. The Morgan fingerprint density at radius 1 is 1.10 bits per heavy atom. The molecule has 2 aliphatic rings. The van der Waals surface area contributed by atoms with Gasteiger partial charge >= 0.3 is 5.69 Å². The van der Waals surface area contributed by atoms with Crippen LogP contribution in [0.4, 0.5) is 30.4 Å². The van der Waals surface area contributed by atoms with Gasteiger partial charge in [-0.25, -0.2) is 22.9 Å². The highest BCUT2D eigenvalue weighted by Gasteiger charge is 2.47. The zero-order valence-corrected chi connectivity index (χ0v) is 32.4. The lowest BCUT2D eigenvalue weighted by atomic mass is 9.98. The largest absolute Gasteiger partial charge is 0.492 e. The van der Waals surface area contributed by atoms with E-state index in [1.54, 1.807) is 54.1 Å². The molecule has 4 aromatic rings. The molecule has 19 heteroatoms. The van der Waals surface area contributed by atoms with Crippen LogP contribution in [0.2, 0.25) is 0 Å². The average molecular weight is 806 g/mol. The number of likely N-dealkylation sites (N-methyl/N-ethyl adjacent to an activating group) is 1. The molecule has 3 amide bonds. The Kier molecular flexibility index (Phi) is 12.0. The van der Waals surface area contributed by atoms with E-state index in [0.717, 1.165) is 0 Å². The number of nitrogens with one attached hydrogen (secondary N) is 4. The summed E-state index contributed by atoms with van der Waals surface area (Å²) in [5.41, 5.74) is 13.9. The van der Waals surface area contributed by atoms with Gasteiger partial charge in [0.15, 0.2) is 11.6 Å². The van der Waals surface area contributed by atoms with E-state index in [-0.39, 0.29) is 61.0 Å². The summed E-state index contributed by atoms with van der Waals surface area (Å²) in [6, 6.07) is 10.6. The molecule has 2 saturated heterocycles. The number of fused-ring (bicyclic) bond motifs is 1. The lowest BCUT2D eigenvalue weighted by molar-refractivity contribution is -0.135. The van der Waals surface area contributed by atoms with Crippen LogP contribution in [0.3, 0.4) is 0 Å². The predicted octanol–water partition coefficient (Wildman–Crippen LogP) is 2.84. The number of pyridine rings is 1. The number of ether oxygens (including phenoxy) is 1. The highest BCUT2D eigenvalue weighted by atomic mass is 19.3. The van der Waals surface area contributed by atoms with Gasteiger partial charge in [0, 0.05) is 45.4 Å². The quantitative estimate of drug-likeness (QED) is 0.0656. The van der Waals surface area contributed by atoms with E-state index in [1.165, 1.54) is 53.8 Å². The monoisotopic (exact) mass is 805 g/mol. The van der Waals surface area contributed by atoms with E-state index in [1.807, 2.05) is 0 Å². The fourth-order valence-corrected chi connectivity index (χ4v) is 7.43. The molecule has 2 atom stereocenters. The number of hydrogen-bond donors (Lipinski definition) is 6. The van der Waals surface area contributed by atoms with Crippen LogP contribution in [0.1, 0.15) is 37.8 Å². The maximum Gasteiger partial charge on any atom is 0.329 e. The number of alkyl halides is 2. The number of allylic oxidation sites excluding steroid dienone is 1. The van der Waals surface area contributed by atoms with Crippen molar-refractivity contribution in [3.63, 3.8) is 0 Å². The van der Waals surface area contributed by atoms with Gasteiger partial charge in [0.2, 0.25) is 11.8 Å². The van der Waals surface area contributed by atoms with Crippen LogP contribution in [0.15, 0.2) is 82.8 Å². The maximum atomic E-state index is 16.0. The molecule has 2 aromatic carbocycles. The van der Waals surface area contributed by atoms with Crippen LogP contribution in [0.25, 0.3) is 11.0 Å². The summed E-state index contributed by atoms with van der Waals surface area (Å²) < 4.78 is 54.3. The summed E-state index contributed by atoms with van der Waals surface area (Å²) >= 11 is 0. The Balaban J connectivity index is 1.13. The molecule has 2 fully saturated rings. The predicted molar refractivity (Wildman–Crippen MR) is 212 cm³/mol. The van der Waals surface area contributed by atoms with Gasteiger partial charge in [-0.2, -0.15) is 0 Å². The van der Waals surface area contributed by atoms with Crippen molar-refractivity contribution in [3.8, 4) is 5.75 Å². The number of amides is 3. The third-order valence-corrected chi connectivity index (χ3v) is 10.2. The van der Waals surface area contributed by atoms with Gasteiger partial charge in [0.25, 0.3) is 11.8 Å². The van der Waals surface area contributed by atoms with Crippen molar-refractivity contribution in [3.05, 3.63) is 99.9 Å². The molecule has 0 spiro atoms. The number of imide groups is 1. The first-order chi connectivity index (χ1) is 27.6. The topological polar surface area (TPSA) is 207 Å². The number of nitrogens with two attached hydrogens (primary N) is 2. The van der Waals surface area contributed by atoms with Crippen molar-refractivity contribution in [2.24, 2.45) is 18.5 Å². The van der Waals surface area contributed by atoms with Crippen molar-refractivity contribution in [1.29, 1.82) is 0 Å². The molecule has 8 N–H and O–H groups in total. The second kappa shape index (κ2) is 16.9. The first-order valence-electron chi connectivity index (χ1n) is 18.6. The fraction of sp³-hybridized carbons (Fsp3) is 0.359. The summed E-state index contributed by atoms with van der Waals surface area (Å²) in [5.74, 6) is -5.11. The van der Waals surface area contributed by atoms with Crippen LogP contribution in [-0.2, 0) is 28.0 Å². The van der Waals surface area contributed by atoms with Crippen LogP contribution >= 0.6 is 0 Å².